The smallest absolute Gasteiger partial charge is 0.339 e. The summed E-state index contributed by atoms with van der Waals surface area (Å²) in [5.41, 5.74) is 1.22. The third-order valence-electron chi connectivity index (χ3n) is 5.06. The molecule has 2 aromatic carbocycles. The maximum Gasteiger partial charge on any atom is 0.339 e. The predicted molar refractivity (Wildman–Crippen MR) is 106 cm³/mol. The Morgan fingerprint density at radius 2 is 1.72 bits per heavy atom. The predicted octanol–water partition coefficient (Wildman–Crippen LogP) is 3.15. The fraction of sp³-hybridized carbons (Fsp3) is 0.318. The largest absolute Gasteiger partial charge is 0.465 e. The van der Waals surface area contributed by atoms with Crippen LogP contribution in [0, 0.1) is 11.7 Å². The highest BCUT2D eigenvalue weighted by Gasteiger charge is 2.27. The molecule has 1 heterocycles. The number of rotatable bonds is 6. The number of ketones is 1. The van der Waals surface area contributed by atoms with Crippen LogP contribution in [0.3, 0.4) is 0 Å². The standard InChI is InChI=1S/C22H23FN2O4/c1-29-22(28)18-4-2-3-5-19(18)24-20(26)14-25-12-10-16(11-13-25)21(27)15-6-8-17(23)9-7-15/h2-9,16H,10-14H2,1H3,(H,24,26). The average Bonchev–Trinajstić information content (AvgIpc) is 2.74. The normalized spacial score (nSPS) is 15.0. The second kappa shape index (κ2) is 9.43. The molecule has 0 aromatic heterocycles. The number of likely N-dealkylation sites (tertiary alicyclic amines) is 1. The Balaban J connectivity index is 1.52. The van der Waals surface area contributed by atoms with Crippen molar-refractivity contribution in [3.05, 3.63) is 65.5 Å². The zero-order chi connectivity index (χ0) is 20.8. The van der Waals surface area contributed by atoms with E-state index in [-0.39, 0.29) is 30.0 Å². The van der Waals surface area contributed by atoms with Crippen molar-refractivity contribution in [2.24, 2.45) is 5.92 Å². The van der Waals surface area contributed by atoms with Crippen molar-refractivity contribution >= 4 is 23.3 Å². The minimum Gasteiger partial charge on any atom is -0.465 e. The number of para-hydroxylation sites is 1. The van der Waals surface area contributed by atoms with Gasteiger partial charge in [-0.05, 0) is 62.3 Å². The molecule has 0 radical (unpaired) electrons. The third-order valence-corrected chi connectivity index (χ3v) is 5.06. The number of esters is 1. The molecular formula is C22H23FN2O4. The molecule has 0 bridgehead atoms. The highest BCUT2D eigenvalue weighted by molar-refractivity contribution is 6.01. The minimum absolute atomic E-state index is 0.0149. The number of hydrogen-bond acceptors (Lipinski definition) is 5. The molecule has 0 spiro atoms. The highest BCUT2D eigenvalue weighted by Crippen LogP contribution is 2.22. The number of hydrogen-bond donors (Lipinski definition) is 1. The van der Waals surface area contributed by atoms with Crippen molar-refractivity contribution in [3.8, 4) is 0 Å². The van der Waals surface area contributed by atoms with Gasteiger partial charge in [0.05, 0.1) is 24.9 Å². The van der Waals surface area contributed by atoms with Crippen molar-refractivity contribution in [2.75, 3.05) is 32.1 Å². The molecule has 6 nitrogen and oxygen atoms in total. The number of anilines is 1. The van der Waals surface area contributed by atoms with Gasteiger partial charge in [0.1, 0.15) is 5.82 Å². The molecule has 0 atom stereocenters. The first kappa shape index (κ1) is 20.7. The first-order chi connectivity index (χ1) is 14.0. The topological polar surface area (TPSA) is 75.7 Å². The number of carbonyl (C=O) groups is 3. The SMILES string of the molecule is COC(=O)c1ccccc1NC(=O)CN1CCC(C(=O)c2ccc(F)cc2)CC1. The highest BCUT2D eigenvalue weighted by atomic mass is 19.1. The lowest BCUT2D eigenvalue weighted by atomic mass is 9.89. The molecule has 2 aromatic rings. The monoisotopic (exact) mass is 398 g/mol. The Labute approximate surface area is 168 Å². The van der Waals surface area contributed by atoms with Crippen LogP contribution >= 0.6 is 0 Å². The van der Waals surface area contributed by atoms with E-state index in [0.717, 1.165) is 0 Å². The minimum atomic E-state index is -0.513. The Morgan fingerprint density at radius 3 is 2.38 bits per heavy atom. The second-order valence-electron chi connectivity index (χ2n) is 7.01. The Morgan fingerprint density at radius 1 is 1.07 bits per heavy atom. The molecule has 1 aliphatic heterocycles. The molecule has 29 heavy (non-hydrogen) atoms. The van der Waals surface area contributed by atoms with Crippen LogP contribution in [-0.4, -0.2) is 49.3 Å². The van der Waals surface area contributed by atoms with Crippen LogP contribution in [-0.2, 0) is 9.53 Å². The van der Waals surface area contributed by atoms with Gasteiger partial charge in [-0.15, -0.1) is 0 Å². The molecule has 7 heteroatoms. The number of piperidine rings is 1. The van der Waals surface area contributed by atoms with Gasteiger partial charge in [0.15, 0.2) is 5.78 Å². The van der Waals surface area contributed by atoms with E-state index >= 15 is 0 Å². The third kappa shape index (κ3) is 5.26. The van der Waals surface area contributed by atoms with Crippen molar-refractivity contribution in [1.82, 2.24) is 4.90 Å². The lowest BCUT2D eigenvalue weighted by Gasteiger charge is -2.30. The van der Waals surface area contributed by atoms with E-state index in [4.69, 9.17) is 4.74 Å². The van der Waals surface area contributed by atoms with Gasteiger partial charge in [0, 0.05) is 11.5 Å². The van der Waals surface area contributed by atoms with Crippen LogP contribution in [0.1, 0.15) is 33.6 Å². The van der Waals surface area contributed by atoms with Gasteiger partial charge in [-0.2, -0.15) is 0 Å². The van der Waals surface area contributed by atoms with Crippen LogP contribution in [0.15, 0.2) is 48.5 Å². The summed E-state index contributed by atoms with van der Waals surface area (Å²) in [5.74, 6) is -1.22. The first-order valence-corrected chi connectivity index (χ1v) is 9.47. The van der Waals surface area contributed by atoms with E-state index in [1.54, 1.807) is 24.3 Å². The zero-order valence-electron chi connectivity index (χ0n) is 16.2. The molecule has 3 rings (SSSR count). The lowest BCUT2D eigenvalue weighted by Crippen LogP contribution is -2.40. The Kier molecular flexibility index (Phi) is 6.72. The number of Topliss-reactive ketones (excluding diaryl/α,β-unsaturated/α-hetero) is 1. The van der Waals surface area contributed by atoms with Gasteiger partial charge in [0.25, 0.3) is 0 Å². The van der Waals surface area contributed by atoms with E-state index in [0.29, 0.717) is 42.7 Å². The maximum atomic E-state index is 13.0. The van der Waals surface area contributed by atoms with Gasteiger partial charge < -0.3 is 10.1 Å². The molecule has 152 valence electrons. The Hall–Kier alpha value is -3.06. The molecular weight excluding hydrogens is 375 g/mol. The average molecular weight is 398 g/mol. The number of amides is 1. The van der Waals surface area contributed by atoms with E-state index in [2.05, 4.69) is 5.32 Å². The van der Waals surface area contributed by atoms with Gasteiger partial charge in [-0.25, -0.2) is 9.18 Å². The molecule has 1 N–H and O–H groups in total. The summed E-state index contributed by atoms with van der Waals surface area (Å²) < 4.78 is 17.8. The summed E-state index contributed by atoms with van der Waals surface area (Å²) in [7, 11) is 1.29. The molecule has 0 aliphatic carbocycles. The number of ether oxygens (including phenoxy) is 1. The quantitative estimate of drug-likeness (QED) is 0.598. The van der Waals surface area contributed by atoms with Crippen molar-refractivity contribution in [3.63, 3.8) is 0 Å². The van der Waals surface area contributed by atoms with E-state index in [1.165, 1.54) is 31.4 Å². The van der Waals surface area contributed by atoms with E-state index in [9.17, 15) is 18.8 Å². The Bertz CT molecular complexity index is 890. The summed E-state index contributed by atoms with van der Waals surface area (Å²) in [6.45, 7) is 1.40. The second-order valence-corrected chi connectivity index (χ2v) is 7.01. The number of carbonyl (C=O) groups excluding carboxylic acids is 3. The molecule has 1 fully saturated rings. The van der Waals surface area contributed by atoms with E-state index in [1.807, 2.05) is 4.90 Å². The number of nitrogens with one attached hydrogen (secondary N) is 1. The maximum absolute atomic E-state index is 13.0. The summed E-state index contributed by atoms with van der Waals surface area (Å²) in [6.07, 6.45) is 1.28. The summed E-state index contributed by atoms with van der Waals surface area (Å²) in [6, 6.07) is 12.3. The summed E-state index contributed by atoms with van der Waals surface area (Å²) in [5, 5.41) is 2.75. The van der Waals surface area contributed by atoms with Gasteiger partial charge in [-0.1, -0.05) is 12.1 Å². The number of methoxy groups -OCH3 is 1. The van der Waals surface area contributed by atoms with Crippen LogP contribution in [0.2, 0.25) is 0 Å². The molecule has 0 saturated carbocycles. The van der Waals surface area contributed by atoms with E-state index < -0.39 is 5.97 Å². The summed E-state index contributed by atoms with van der Waals surface area (Å²) in [4.78, 5) is 38.7. The van der Waals surface area contributed by atoms with Crippen LogP contribution < -0.4 is 5.32 Å². The number of nitrogens with zero attached hydrogens (tertiary/aromatic N) is 1. The number of halogens is 1. The number of benzene rings is 2. The van der Waals surface area contributed by atoms with Crippen molar-refractivity contribution in [2.45, 2.75) is 12.8 Å². The fourth-order valence-electron chi connectivity index (χ4n) is 3.48. The first-order valence-electron chi connectivity index (χ1n) is 9.47. The molecule has 0 unspecified atom stereocenters. The van der Waals surface area contributed by atoms with Crippen LogP contribution in [0.25, 0.3) is 0 Å². The molecule has 1 amide bonds. The van der Waals surface area contributed by atoms with Crippen molar-refractivity contribution < 1.29 is 23.5 Å². The van der Waals surface area contributed by atoms with Crippen molar-refractivity contribution in [1.29, 1.82) is 0 Å². The molecule has 1 saturated heterocycles. The van der Waals surface area contributed by atoms with Gasteiger partial charge in [-0.3, -0.25) is 14.5 Å². The van der Waals surface area contributed by atoms with Gasteiger partial charge >= 0.3 is 5.97 Å². The lowest BCUT2D eigenvalue weighted by molar-refractivity contribution is -0.117. The van der Waals surface area contributed by atoms with Gasteiger partial charge in [0.2, 0.25) is 5.91 Å². The van der Waals surface area contributed by atoms with Crippen LogP contribution in [0.5, 0.6) is 0 Å². The zero-order valence-corrected chi connectivity index (χ0v) is 16.2. The van der Waals surface area contributed by atoms with Crippen LogP contribution in [0.4, 0.5) is 10.1 Å². The fourth-order valence-corrected chi connectivity index (χ4v) is 3.48. The summed E-state index contributed by atoms with van der Waals surface area (Å²) >= 11 is 0. The molecule has 1 aliphatic rings.